The van der Waals surface area contributed by atoms with Crippen LogP contribution in [0.25, 0.3) is 0 Å². The topological polar surface area (TPSA) is 81.1 Å². The zero-order chi connectivity index (χ0) is 14.7. The third-order valence-electron chi connectivity index (χ3n) is 3.21. The first-order valence-electron chi connectivity index (χ1n) is 6.71. The summed E-state index contributed by atoms with van der Waals surface area (Å²) < 4.78 is 5.68. The molecule has 0 bridgehead atoms. The molecule has 3 heterocycles. The predicted octanol–water partition coefficient (Wildman–Crippen LogP) is 0.789. The lowest BCUT2D eigenvalue weighted by atomic mass is 10.2. The fourth-order valence-electron chi connectivity index (χ4n) is 2.16. The van der Waals surface area contributed by atoms with E-state index in [4.69, 9.17) is 4.74 Å². The van der Waals surface area contributed by atoms with Crippen molar-refractivity contribution in [2.24, 2.45) is 0 Å². The minimum atomic E-state index is -0.314. The molecule has 0 aliphatic carbocycles. The number of amides is 1. The smallest absolute Gasteiger partial charge is 0.291 e. The lowest BCUT2D eigenvalue weighted by molar-refractivity contribution is -0.0272. The first kappa shape index (κ1) is 13.6. The van der Waals surface area contributed by atoms with E-state index in [9.17, 15) is 4.79 Å². The molecule has 0 spiro atoms. The lowest BCUT2D eigenvalue weighted by Crippen LogP contribution is -2.43. The fourth-order valence-corrected chi connectivity index (χ4v) is 2.16. The average molecular weight is 285 g/mol. The van der Waals surface area contributed by atoms with Gasteiger partial charge in [-0.15, -0.1) is 0 Å². The predicted molar refractivity (Wildman–Crippen MR) is 73.4 cm³/mol. The van der Waals surface area contributed by atoms with Gasteiger partial charge in [0, 0.05) is 30.8 Å². The quantitative estimate of drug-likeness (QED) is 0.811. The van der Waals surface area contributed by atoms with E-state index >= 15 is 0 Å². The van der Waals surface area contributed by atoms with Crippen LogP contribution in [-0.4, -0.2) is 50.4 Å². The van der Waals surface area contributed by atoms with E-state index < -0.39 is 0 Å². The number of carbonyl (C=O) groups is 1. The maximum atomic E-state index is 12.3. The second-order valence-electron chi connectivity index (χ2n) is 4.74. The van der Waals surface area contributed by atoms with Gasteiger partial charge in [-0.3, -0.25) is 4.79 Å². The molecule has 1 atom stereocenters. The Morgan fingerprint density at radius 2 is 2.10 bits per heavy atom. The molecular formula is C14H15N5O2. The summed E-state index contributed by atoms with van der Waals surface area (Å²) in [6.07, 6.45) is 4.50. The summed E-state index contributed by atoms with van der Waals surface area (Å²) in [6.45, 7) is 3.26. The van der Waals surface area contributed by atoms with E-state index in [1.165, 1.54) is 0 Å². The number of aromatic nitrogens is 4. The van der Waals surface area contributed by atoms with Crippen molar-refractivity contribution < 1.29 is 9.53 Å². The summed E-state index contributed by atoms with van der Waals surface area (Å²) in [5, 5.41) is 0. The van der Waals surface area contributed by atoms with Crippen molar-refractivity contribution in [1.82, 2.24) is 24.8 Å². The summed E-state index contributed by atoms with van der Waals surface area (Å²) in [5.74, 6) is 0.598. The molecule has 0 saturated carbocycles. The monoisotopic (exact) mass is 285 g/mol. The van der Waals surface area contributed by atoms with Crippen molar-refractivity contribution in [3.63, 3.8) is 0 Å². The minimum absolute atomic E-state index is 0.198. The Kier molecular flexibility index (Phi) is 3.83. The minimum Gasteiger partial charge on any atom is -0.367 e. The Morgan fingerprint density at radius 1 is 1.29 bits per heavy atom. The largest absolute Gasteiger partial charge is 0.367 e. The number of carbonyl (C=O) groups excluding carboxylic acids is 1. The molecule has 1 saturated heterocycles. The number of aryl methyl sites for hydroxylation is 1. The highest BCUT2D eigenvalue weighted by Crippen LogP contribution is 2.19. The average Bonchev–Trinajstić information content (AvgIpc) is 2.55. The van der Waals surface area contributed by atoms with E-state index in [1.54, 1.807) is 29.6 Å². The molecule has 2 aromatic rings. The maximum Gasteiger partial charge on any atom is 0.291 e. The highest BCUT2D eigenvalue weighted by atomic mass is 16.5. The van der Waals surface area contributed by atoms with Gasteiger partial charge < -0.3 is 9.64 Å². The normalized spacial score (nSPS) is 18.5. The molecule has 1 amide bonds. The third kappa shape index (κ3) is 3.03. The number of nitrogens with zero attached hydrogens (tertiary/aromatic N) is 5. The Hall–Kier alpha value is -2.41. The molecule has 21 heavy (non-hydrogen) atoms. The van der Waals surface area contributed by atoms with Gasteiger partial charge in [-0.05, 0) is 19.1 Å². The van der Waals surface area contributed by atoms with Gasteiger partial charge in [-0.2, -0.15) is 0 Å². The molecule has 3 rings (SSSR count). The van der Waals surface area contributed by atoms with Crippen LogP contribution < -0.4 is 0 Å². The molecular weight excluding hydrogens is 270 g/mol. The molecule has 7 nitrogen and oxygen atoms in total. The van der Waals surface area contributed by atoms with Crippen LogP contribution >= 0.6 is 0 Å². The van der Waals surface area contributed by atoms with Crippen LogP contribution in [0, 0.1) is 6.92 Å². The number of hydrogen-bond donors (Lipinski definition) is 0. The molecule has 1 unspecified atom stereocenters. The van der Waals surface area contributed by atoms with Gasteiger partial charge in [0.25, 0.3) is 5.91 Å². The second kappa shape index (κ2) is 5.92. The van der Waals surface area contributed by atoms with E-state index in [-0.39, 0.29) is 17.8 Å². The SMILES string of the molecule is Cc1ccnc(C2CN(C(=O)c3ncccn3)CCO2)n1. The van der Waals surface area contributed by atoms with Crippen LogP contribution in [0.5, 0.6) is 0 Å². The fraction of sp³-hybridized carbons (Fsp3) is 0.357. The van der Waals surface area contributed by atoms with Gasteiger partial charge in [-0.25, -0.2) is 19.9 Å². The van der Waals surface area contributed by atoms with E-state index in [2.05, 4.69) is 19.9 Å². The van der Waals surface area contributed by atoms with E-state index in [1.807, 2.05) is 13.0 Å². The van der Waals surface area contributed by atoms with Crippen molar-refractivity contribution in [3.05, 3.63) is 48.1 Å². The van der Waals surface area contributed by atoms with Gasteiger partial charge in [-0.1, -0.05) is 0 Å². The second-order valence-corrected chi connectivity index (χ2v) is 4.74. The van der Waals surface area contributed by atoms with Crippen LogP contribution in [0.15, 0.2) is 30.7 Å². The summed E-state index contributed by atoms with van der Waals surface area (Å²) in [5.41, 5.74) is 0.874. The van der Waals surface area contributed by atoms with Crippen LogP contribution in [0.1, 0.15) is 28.2 Å². The Bertz CT molecular complexity index is 634. The number of morpholine rings is 1. The van der Waals surface area contributed by atoms with Crippen LogP contribution in [-0.2, 0) is 4.74 Å². The molecule has 0 aromatic carbocycles. The van der Waals surface area contributed by atoms with Gasteiger partial charge in [0.05, 0.1) is 13.2 Å². The molecule has 2 aromatic heterocycles. The highest BCUT2D eigenvalue weighted by Gasteiger charge is 2.28. The zero-order valence-electron chi connectivity index (χ0n) is 11.6. The van der Waals surface area contributed by atoms with Gasteiger partial charge in [0.1, 0.15) is 6.10 Å². The maximum absolute atomic E-state index is 12.3. The Balaban J connectivity index is 1.75. The third-order valence-corrected chi connectivity index (χ3v) is 3.21. The molecule has 0 radical (unpaired) electrons. The first-order chi connectivity index (χ1) is 10.2. The van der Waals surface area contributed by atoms with Crippen molar-refractivity contribution in [2.75, 3.05) is 19.7 Å². The van der Waals surface area contributed by atoms with E-state index in [0.29, 0.717) is 25.5 Å². The molecule has 7 heteroatoms. The standard InChI is InChI=1S/C14H15N5O2/c1-10-3-6-17-12(18-10)11-9-19(7-8-21-11)14(20)13-15-4-2-5-16-13/h2-6,11H,7-9H2,1H3. The summed E-state index contributed by atoms with van der Waals surface area (Å²) in [6, 6.07) is 3.51. The van der Waals surface area contributed by atoms with Crippen molar-refractivity contribution >= 4 is 5.91 Å². The van der Waals surface area contributed by atoms with Gasteiger partial charge in [0.15, 0.2) is 5.82 Å². The lowest BCUT2D eigenvalue weighted by Gasteiger charge is -2.31. The van der Waals surface area contributed by atoms with Gasteiger partial charge >= 0.3 is 0 Å². The van der Waals surface area contributed by atoms with Crippen LogP contribution in [0.3, 0.4) is 0 Å². The Morgan fingerprint density at radius 3 is 2.86 bits per heavy atom. The van der Waals surface area contributed by atoms with Crippen LogP contribution in [0.4, 0.5) is 0 Å². The Labute approximate surface area is 122 Å². The summed E-state index contributed by atoms with van der Waals surface area (Å²) in [7, 11) is 0. The number of rotatable bonds is 2. The van der Waals surface area contributed by atoms with E-state index in [0.717, 1.165) is 5.69 Å². The number of ether oxygens (including phenoxy) is 1. The summed E-state index contributed by atoms with van der Waals surface area (Å²) >= 11 is 0. The molecule has 1 aliphatic rings. The zero-order valence-corrected chi connectivity index (χ0v) is 11.6. The molecule has 1 fully saturated rings. The van der Waals surface area contributed by atoms with Gasteiger partial charge in [0.2, 0.25) is 5.82 Å². The van der Waals surface area contributed by atoms with Crippen LogP contribution in [0.2, 0.25) is 0 Å². The molecule has 108 valence electrons. The van der Waals surface area contributed by atoms with Crippen molar-refractivity contribution in [3.8, 4) is 0 Å². The highest BCUT2D eigenvalue weighted by molar-refractivity contribution is 5.90. The molecule has 0 N–H and O–H groups in total. The van der Waals surface area contributed by atoms with Crippen molar-refractivity contribution in [1.29, 1.82) is 0 Å². The first-order valence-corrected chi connectivity index (χ1v) is 6.71. The molecule has 1 aliphatic heterocycles. The summed E-state index contributed by atoms with van der Waals surface area (Å²) in [4.78, 5) is 30.6. The van der Waals surface area contributed by atoms with Crippen molar-refractivity contribution in [2.45, 2.75) is 13.0 Å². The number of hydrogen-bond acceptors (Lipinski definition) is 6.